The van der Waals surface area contributed by atoms with E-state index in [4.69, 9.17) is 4.74 Å². The van der Waals surface area contributed by atoms with Crippen LogP contribution in [0.25, 0.3) is 0 Å². The molecule has 0 radical (unpaired) electrons. The van der Waals surface area contributed by atoms with Crippen LogP contribution in [0.3, 0.4) is 0 Å². The van der Waals surface area contributed by atoms with E-state index >= 15 is 0 Å². The molecule has 0 aromatic heterocycles. The molecule has 0 unspecified atom stereocenters. The summed E-state index contributed by atoms with van der Waals surface area (Å²) in [6.07, 6.45) is 2.87. The summed E-state index contributed by atoms with van der Waals surface area (Å²) in [5.74, 6) is -0.139. The number of nitrogens with zero attached hydrogens (tertiary/aromatic N) is 2. The van der Waals surface area contributed by atoms with Crippen LogP contribution in [0.5, 0.6) is 0 Å². The topological polar surface area (TPSA) is 15.7 Å². The van der Waals surface area contributed by atoms with Crippen LogP contribution in [0.2, 0.25) is 0 Å². The number of rotatable bonds is 4. The van der Waals surface area contributed by atoms with Crippen LogP contribution in [0.4, 0.5) is 4.39 Å². The van der Waals surface area contributed by atoms with Crippen molar-refractivity contribution in [1.82, 2.24) is 9.80 Å². The highest BCUT2D eigenvalue weighted by Crippen LogP contribution is 2.15. The van der Waals surface area contributed by atoms with Crippen LogP contribution in [0, 0.1) is 5.82 Å². The van der Waals surface area contributed by atoms with Crippen molar-refractivity contribution in [2.24, 2.45) is 0 Å². The van der Waals surface area contributed by atoms with E-state index in [1.807, 2.05) is 6.07 Å². The van der Waals surface area contributed by atoms with Gasteiger partial charge in [-0.15, -0.1) is 0 Å². The summed E-state index contributed by atoms with van der Waals surface area (Å²) in [6.45, 7) is 7.17. The van der Waals surface area contributed by atoms with E-state index in [-0.39, 0.29) is 5.82 Å². The summed E-state index contributed by atoms with van der Waals surface area (Å²) in [7, 11) is 0. The maximum absolute atomic E-state index is 13.2. The summed E-state index contributed by atoms with van der Waals surface area (Å²) in [4.78, 5) is 4.90. The molecular weight excluding hydrogens is 255 g/mol. The lowest BCUT2D eigenvalue weighted by Crippen LogP contribution is -2.48. The zero-order chi connectivity index (χ0) is 13.8. The van der Waals surface area contributed by atoms with Gasteiger partial charge in [-0.2, -0.15) is 0 Å². The Balaban J connectivity index is 1.43. The highest BCUT2D eigenvalue weighted by molar-refractivity contribution is 5.16. The van der Waals surface area contributed by atoms with Crippen molar-refractivity contribution in [3.8, 4) is 0 Å². The number of ether oxygens (including phenoxy) is 1. The van der Waals surface area contributed by atoms with Crippen LogP contribution in [-0.2, 0) is 11.3 Å². The zero-order valence-electron chi connectivity index (χ0n) is 11.9. The van der Waals surface area contributed by atoms with Gasteiger partial charge in [0.05, 0.1) is 6.10 Å². The van der Waals surface area contributed by atoms with E-state index < -0.39 is 0 Å². The molecule has 0 spiro atoms. The third kappa shape index (κ3) is 3.78. The summed E-state index contributed by atoms with van der Waals surface area (Å²) >= 11 is 0. The van der Waals surface area contributed by atoms with Crippen LogP contribution in [0.1, 0.15) is 18.4 Å². The second-order valence-corrected chi connectivity index (χ2v) is 5.84. The molecule has 0 aliphatic carbocycles. The lowest BCUT2D eigenvalue weighted by Gasteiger charge is -2.35. The average Bonchev–Trinajstić information content (AvgIpc) is 2.94. The van der Waals surface area contributed by atoms with Crippen LogP contribution in [0.15, 0.2) is 24.3 Å². The molecule has 2 saturated heterocycles. The van der Waals surface area contributed by atoms with Crippen molar-refractivity contribution in [2.75, 3.05) is 39.3 Å². The fourth-order valence-corrected chi connectivity index (χ4v) is 3.10. The first-order valence-corrected chi connectivity index (χ1v) is 7.60. The summed E-state index contributed by atoms with van der Waals surface area (Å²) in [5.41, 5.74) is 1.07. The molecule has 1 aromatic rings. The third-order valence-corrected chi connectivity index (χ3v) is 4.25. The maximum Gasteiger partial charge on any atom is 0.123 e. The van der Waals surface area contributed by atoms with Gasteiger partial charge in [0.25, 0.3) is 0 Å². The Morgan fingerprint density at radius 1 is 1.15 bits per heavy atom. The minimum atomic E-state index is -0.139. The smallest absolute Gasteiger partial charge is 0.123 e. The number of hydrogen-bond donors (Lipinski definition) is 0. The van der Waals surface area contributed by atoms with Gasteiger partial charge in [0.15, 0.2) is 0 Å². The zero-order valence-corrected chi connectivity index (χ0v) is 11.9. The van der Waals surface area contributed by atoms with Gasteiger partial charge >= 0.3 is 0 Å². The normalized spacial score (nSPS) is 25.1. The van der Waals surface area contributed by atoms with Crippen molar-refractivity contribution < 1.29 is 9.13 Å². The Morgan fingerprint density at radius 2 is 1.95 bits per heavy atom. The monoisotopic (exact) mass is 278 g/mol. The SMILES string of the molecule is Fc1cccc(CN2CCN(C[C@H]3CCCO3)CC2)c1. The van der Waals surface area contributed by atoms with Gasteiger partial charge in [-0.05, 0) is 30.5 Å². The second-order valence-electron chi connectivity index (χ2n) is 5.84. The molecule has 3 rings (SSSR count). The number of benzene rings is 1. The van der Waals surface area contributed by atoms with Crippen molar-refractivity contribution >= 4 is 0 Å². The fraction of sp³-hybridized carbons (Fsp3) is 0.625. The van der Waals surface area contributed by atoms with Gasteiger partial charge < -0.3 is 4.74 Å². The Hall–Kier alpha value is -0.970. The van der Waals surface area contributed by atoms with Crippen molar-refractivity contribution in [1.29, 1.82) is 0 Å². The first-order chi connectivity index (χ1) is 9.79. The number of piperazine rings is 1. The van der Waals surface area contributed by atoms with Crippen molar-refractivity contribution in [3.63, 3.8) is 0 Å². The average molecular weight is 278 g/mol. The van der Waals surface area contributed by atoms with Crippen molar-refractivity contribution in [3.05, 3.63) is 35.6 Å². The molecule has 2 aliphatic heterocycles. The van der Waals surface area contributed by atoms with Crippen LogP contribution >= 0.6 is 0 Å². The Labute approximate surface area is 120 Å². The largest absolute Gasteiger partial charge is 0.377 e. The maximum atomic E-state index is 13.2. The molecule has 2 heterocycles. The molecule has 2 aliphatic rings. The van der Waals surface area contributed by atoms with E-state index in [1.54, 1.807) is 12.1 Å². The molecule has 0 N–H and O–H groups in total. The van der Waals surface area contributed by atoms with E-state index in [2.05, 4.69) is 9.80 Å². The first kappa shape index (κ1) is 14.0. The lowest BCUT2D eigenvalue weighted by atomic mass is 10.2. The molecule has 1 aromatic carbocycles. The van der Waals surface area contributed by atoms with Gasteiger partial charge in [-0.25, -0.2) is 4.39 Å². The molecule has 0 amide bonds. The Morgan fingerprint density at radius 3 is 2.65 bits per heavy atom. The lowest BCUT2D eigenvalue weighted by molar-refractivity contribution is 0.0489. The highest BCUT2D eigenvalue weighted by atomic mass is 19.1. The van der Waals surface area contributed by atoms with Crippen LogP contribution in [-0.4, -0.2) is 55.2 Å². The molecule has 3 nitrogen and oxygen atoms in total. The molecule has 110 valence electrons. The van der Waals surface area contributed by atoms with Crippen LogP contribution < -0.4 is 0 Å². The molecule has 2 fully saturated rings. The fourth-order valence-electron chi connectivity index (χ4n) is 3.10. The van der Waals surface area contributed by atoms with E-state index in [1.165, 1.54) is 18.9 Å². The molecule has 4 heteroatoms. The van der Waals surface area contributed by atoms with E-state index in [9.17, 15) is 4.39 Å². The third-order valence-electron chi connectivity index (χ3n) is 4.25. The van der Waals surface area contributed by atoms with Crippen molar-refractivity contribution in [2.45, 2.75) is 25.5 Å². The molecule has 0 saturated carbocycles. The Kier molecular flexibility index (Phi) is 4.65. The van der Waals surface area contributed by atoms with Gasteiger partial charge in [-0.1, -0.05) is 12.1 Å². The molecular formula is C16H23FN2O. The standard InChI is InChI=1S/C16H23FN2O/c17-15-4-1-3-14(11-15)12-18-6-8-19(9-7-18)13-16-5-2-10-20-16/h1,3-4,11,16H,2,5-10,12-13H2/t16-/m1/s1. The number of halogens is 1. The minimum Gasteiger partial charge on any atom is -0.377 e. The molecule has 0 bridgehead atoms. The summed E-state index contributed by atoms with van der Waals surface area (Å²) < 4.78 is 18.9. The predicted octanol–water partition coefficient (Wildman–Crippen LogP) is 2.12. The van der Waals surface area contributed by atoms with Gasteiger partial charge in [0, 0.05) is 45.9 Å². The van der Waals surface area contributed by atoms with Gasteiger partial charge in [0.1, 0.15) is 5.82 Å². The molecule has 20 heavy (non-hydrogen) atoms. The summed E-state index contributed by atoms with van der Waals surface area (Å²) in [6, 6.07) is 6.93. The predicted molar refractivity (Wildman–Crippen MR) is 77.1 cm³/mol. The summed E-state index contributed by atoms with van der Waals surface area (Å²) in [5, 5.41) is 0. The quantitative estimate of drug-likeness (QED) is 0.839. The van der Waals surface area contributed by atoms with E-state index in [0.717, 1.165) is 51.4 Å². The minimum absolute atomic E-state index is 0.139. The highest BCUT2D eigenvalue weighted by Gasteiger charge is 2.22. The molecule has 1 atom stereocenters. The Bertz CT molecular complexity index is 426. The number of hydrogen-bond acceptors (Lipinski definition) is 3. The van der Waals surface area contributed by atoms with Gasteiger partial charge in [0.2, 0.25) is 0 Å². The first-order valence-electron chi connectivity index (χ1n) is 7.60. The second kappa shape index (κ2) is 6.66. The van der Waals surface area contributed by atoms with E-state index in [0.29, 0.717) is 6.10 Å². The van der Waals surface area contributed by atoms with Gasteiger partial charge in [-0.3, -0.25) is 9.80 Å².